The van der Waals surface area contributed by atoms with Gasteiger partial charge in [-0.2, -0.15) is 0 Å². The molecule has 3 aromatic carbocycles. The molecule has 0 amide bonds. The van der Waals surface area contributed by atoms with Crippen molar-refractivity contribution in [3.63, 3.8) is 0 Å². The van der Waals surface area contributed by atoms with E-state index < -0.39 is 0 Å². The first-order valence-corrected chi connectivity index (χ1v) is 10.5. The zero-order valence-corrected chi connectivity index (χ0v) is 18.3. The summed E-state index contributed by atoms with van der Waals surface area (Å²) in [7, 11) is 3.39. The smallest absolute Gasteiger partial charge is 0.118 e. The van der Waals surface area contributed by atoms with Gasteiger partial charge in [0.1, 0.15) is 17.3 Å². The lowest BCUT2D eigenvalue weighted by molar-refractivity contribution is 0.340. The van der Waals surface area contributed by atoms with Gasteiger partial charge in [-0.3, -0.25) is 0 Å². The van der Waals surface area contributed by atoms with Crippen molar-refractivity contribution in [3.05, 3.63) is 114 Å². The van der Waals surface area contributed by atoms with E-state index in [9.17, 15) is 0 Å². The Kier molecular flexibility index (Phi) is 6.08. The summed E-state index contributed by atoms with van der Waals surface area (Å²) in [6.07, 6.45) is 5.62. The highest BCUT2D eigenvalue weighted by Crippen LogP contribution is 2.36. The van der Waals surface area contributed by atoms with Crippen LogP contribution in [0.5, 0.6) is 11.5 Å². The van der Waals surface area contributed by atoms with Crippen LogP contribution in [-0.2, 0) is 18.4 Å². The van der Waals surface area contributed by atoms with Crippen molar-refractivity contribution in [2.45, 2.75) is 25.3 Å². The van der Waals surface area contributed by atoms with Gasteiger partial charge in [0.05, 0.1) is 19.8 Å². The van der Waals surface area contributed by atoms with E-state index in [-0.39, 0.29) is 5.54 Å². The maximum atomic E-state index is 5.37. The van der Waals surface area contributed by atoms with E-state index in [0.29, 0.717) is 0 Å². The standard InChI is InChI=1S/C27H28N2O2/c1-21-28-17-18-29(21)27(24-7-5-4-6-8-24,19-22-9-13-25(30-2)14-10-22)20-23-11-15-26(31-3)16-12-23/h4-18H,19-20H2,1-3H3. The van der Waals surface area contributed by atoms with Crippen molar-refractivity contribution >= 4 is 0 Å². The van der Waals surface area contributed by atoms with Gasteiger partial charge < -0.3 is 14.0 Å². The van der Waals surface area contributed by atoms with Crippen molar-refractivity contribution < 1.29 is 9.47 Å². The summed E-state index contributed by atoms with van der Waals surface area (Å²) in [5.41, 5.74) is 3.41. The second kappa shape index (κ2) is 9.09. The molecule has 0 bridgehead atoms. The topological polar surface area (TPSA) is 36.3 Å². The lowest BCUT2D eigenvalue weighted by Crippen LogP contribution is -2.40. The Hall–Kier alpha value is -3.53. The minimum absolute atomic E-state index is 0.328. The van der Waals surface area contributed by atoms with E-state index in [1.54, 1.807) is 14.2 Å². The third-order valence-corrected chi connectivity index (χ3v) is 5.91. The van der Waals surface area contributed by atoms with Crippen LogP contribution in [0, 0.1) is 6.92 Å². The first kappa shape index (κ1) is 20.7. The van der Waals surface area contributed by atoms with Crippen molar-refractivity contribution in [2.24, 2.45) is 0 Å². The van der Waals surface area contributed by atoms with Crippen LogP contribution in [0.15, 0.2) is 91.3 Å². The molecule has 0 aliphatic heterocycles. The minimum atomic E-state index is -0.328. The van der Waals surface area contributed by atoms with Crippen LogP contribution < -0.4 is 9.47 Å². The Bertz CT molecular complexity index is 1050. The Morgan fingerprint density at radius 2 is 1.26 bits per heavy atom. The van der Waals surface area contributed by atoms with E-state index in [2.05, 4.69) is 77.3 Å². The van der Waals surface area contributed by atoms with E-state index >= 15 is 0 Å². The molecule has 0 aliphatic carbocycles. The number of methoxy groups -OCH3 is 2. The number of nitrogens with zero attached hydrogens (tertiary/aromatic N) is 2. The van der Waals surface area contributed by atoms with Gasteiger partial charge in [0.25, 0.3) is 0 Å². The van der Waals surface area contributed by atoms with Gasteiger partial charge in [0.15, 0.2) is 0 Å². The van der Waals surface area contributed by atoms with Crippen LogP contribution >= 0.6 is 0 Å². The molecular weight excluding hydrogens is 384 g/mol. The summed E-state index contributed by atoms with van der Waals surface area (Å²) in [5.74, 6) is 2.72. The van der Waals surface area contributed by atoms with E-state index in [4.69, 9.17) is 9.47 Å². The molecule has 4 rings (SSSR count). The average molecular weight is 413 g/mol. The molecule has 4 aromatic rings. The average Bonchev–Trinajstić information content (AvgIpc) is 3.26. The number of hydrogen-bond acceptors (Lipinski definition) is 3. The quantitative estimate of drug-likeness (QED) is 0.387. The molecule has 0 N–H and O–H groups in total. The Labute approximate surface area is 184 Å². The first-order valence-electron chi connectivity index (χ1n) is 10.5. The summed E-state index contributed by atoms with van der Waals surface area (Å²) in [4.78, 5) is 4.57. The number of rotatable bonds is 8. The maximum Gasteiger partial charge on any atom is 0.118 e. The second-order valence-corrected chi connectivity index (χ2v) is 7.79. The number of aromatic nitrogens is 2. The number of imidazole rings is 1. The summed E-state index contributed by atoms with van der Waals surface area (Å²) in [5, 5.41) is 0. The predicted molar refractivity (Wildman–Crippen MR) is 124 cm³/mol. The number of hydrogen-bond donors (Lipinski definition) is 0. The van der Waals surface area contributed by atoms with Crippen molar-refractivity contribution in [3.8, 4) is 11.5 Å². The van der Waals surface area contributed by atoms with Gasteiger partial charge in [-0.15, -0.1) is 0 Å². The van der Waals surface area contributed by atoms with Crippen LogP contribution in [0.25, 0.3) is 0 Å². The molecule has 4 heteroatoms. The lowest BCUT2D eigenvalue weighted by Gasteiger charge is -2.38. The summed E-state index contributed by atoms with van der Waals surface area (Å²) < 4.78 is 13.0. The Morgan fingerprint density at radius 3 is 1.68 bits per heavy atom. The predicted octanol–water partition coefficient (Wildman–Crippen LogP) is 5.44. The number of aryl methyl sites for hydroxylation is 1. The number of ether oxygens (including phenoxy) is 2. The van der Waals surface area contributed by atoms with Crippen LogP contribution in [0.1, 0.15) is 22.5 Å². The molecule has 4 nitrogen and oxygen atoms in total. The molecule has 0 atom stereocenters. The SMILES string of the molecule is COc1ccc(CC(Cc2ccc(OC)cc2)(c2ccccc2)n2ccnc2C)cc1. The highest BCUT2D eigenvalue weighted by Gasteiger charge is 2.35. The highest BCUT2D eigenvalue weighted by molar-refractivity contribution is 5.37. The molecule has 0 unspecified atom stereocenters. The highest BCUT2D eigenvalue weighted by atomic mass is 16.5. The first-order chi connectivity index (χ1) is 15.1. The fourth-order valence-corrected chi connectivity index (χ4v) is 4.32. The van der Waals surface area contributed by atoms with Gasteiger partial charge in [0.2, 0.25) is 0 Å². The summed E-state index contributed by atoms with van der Waals surface area (Å²) >= 11 is 0. The third-order valence-electron chi connectivity index (χ3n) is 5.91. The van der Waals surface area contributed by atoms with Gasteiger partial charge in [-0.1, -0.05) is 54.6 Å². The molecule has 1 heterocycles. The summed E-state index contributed by atoms with van der Waals surface area (Å²) in [6, 6.07) is 27.4. The van der Waals surface area contributed by atoms with Crippen molar-refractivity contribution in [1.29, 1.82) is 0 Å². The molecule has 1 aromatic heterocycles. The second-order valence-electron chi connectivity index (χ2n) is 7.79. The molecule has 0 spiro atoms. The molecule has 0 fully saturated rings. The molecule has 158 valence electrons. The Morgan fingerprint density at radius 1 is 0.742 bits per heavy atom. The minimum Gasteiger partial charge on any atom is -0.497 e. The molecule has 0 saturated heterocycles. The molecule has 0 radical (unpaired) electrons. The van der Waals surface area contributed by atoms with Crippen LogP contribution in [0.2, 0.25) is 0 Å². The molecule has 0 saturated carbocycles. The van der Waals surface area contributed by atoms with Gasteiger partial charge in [-0.05, 0) is 47.9 Å². The van der Waals surface area contributed by atoms with E-state index in [1.165, 1.54) is 16.7 Å². The monoisotopic (exact) mass is 412 g/mol. The van der Waals surface area contributed by atoms with Crippen molar-refractivity contribution in [2.75, 3.05) is 14.2 Å². The van der Waals surface area contributed by atoms with E-state index in [1.807, 2.05) is 30.5 Å². The fraction of sp³-hybridized carbons (Fsp3) is 0.222. The number of benzene rings is 3. The zero-order chi connectivity index (χ0) is 21.7. The van der Waals surface area contributed by atoms with E-state index in [0.717, 1.165) is 30.2 Å². The molecule has 31 heavy (non-hydrogen) atoms. The third kappa shape index (κ3) is 4.33. The zero-order valence-electron chi connectivity index (χ0n) is 18.3. The normalized spacial score (nSPS) is 11.3. The summed E-state index contributed by atoms with van der Waals surface area (Å²) in [6.45, 7) is 2.07. The van der Waals surface area contributed by atoms with Crippen molar-refractivity contribution in [1.82, 2.24) is 9.55 Å². The van der Waals surface area contributed by atoms with Gasteiger partial charge in [-0.25, -0.2) is 4.98 Å². The van der Waals surface area contributed by atoms with Crippen LogP contribution in [0.3, 0.4) is 0 Å². The fourth-order valence-electron chi connectivity index (χ4n) is 4.32. The lowest BCUT2D eigenvalue weighted by atomic mass is 9.78. The Balaban J connectivity index is 1.86. The van der Waals surface area contributed by atoms with Crippen LogP contribution in [0.4, 0.5) is 0 Å². The van der Waals surface area contributed by atoms with Gasteiger partial charge >= 0.3 is 0 Å². The molecule has 0 aliphatic rings. The van der Waals surface area contributed by atoms with Crippen LogP contribution in [-0.4, -0.2) is 23.8 Å². The molecular formula is C27H28N2O2. The largest absolute Gasteiger partial charge is 0.497 e. The van der Waals surface area contributed by atoms with Gasteiger partial charge in [0, 0.05) is 25.2 Å². The maximum absolute atomic E-state index is 5.37.